The van der Waals surface area contributed by atoms with Crippen LogP contribution in [0.2, 0.25) is 0 Å². The molecule has 0 aliphatic carbocycles. The number of benzene rings is 2. The van der Waals surface area contributed by atoms with E-state index < -0.39 is 6.10 Å². The summed E-state index contributed by atoms with van der Waals surface area (Å²) in [4.78, 5) is 11.3. The van der Waals surface area contributed by atoms with Crippen molar-refractivity contribution in [2.45, 2.75) is 52.1 Å². The topological polar surface area (TPSA) is 55.8 Å². The van der Waals surface area contributed by atoms with Gasteiger partial charge in [-0.15, -0.1) is 0 Å². The predicted molar refractivity (Wildman–Crippen MR) is 108 cm³/mol. The van der Waals surface area contributed by atoms with Gasteiger partial charge < -0.3 is 14.6 Å². The number of carbonyl (C=O) groups is 1. The zero-order valence-electron chi connectivity index (χ0n) is 16.5. The van der Waals surface area contributed by atoms with Gasteiger partial charge in [-0.2, -0.15) is 0 Å². The largest absolute Gasteiger partial charge is 0.494 e. The number of aliphatic hydroxyl groups is 1. The number of hydrogen-bond acceptors (Lipinski definition) is 4. The van der Waals surface area contributed by atoms with E-state index in [0.717, 1.165) is 18.6 Å². The van der Waals surface area contributed by atoms with E-state index in [4.69, 9.17) is 14.6 Å². The fourth-order valence-corrected chi connectivity index (χ4v) is 2.68. The van der Waals surface area contributed by atoms with Crippen LogP contribution in [0, 0.1) is 0 Å². The maximum atomic E-state index is 11.3. The minimum atomic E-state index is -0.656. The fourth-order valence-electron chi connectivity index (χ4n) is 2.68. The quantitative estimate of drug-likeness (QED) is 0.475. The van der Waals surface area contributed by atoms with Crippen LogP contribution in [0.5, 0.6) is 5.75 Å². The number of rotatable bonds is 10. The van der Waals surface area contributed by atoms with E-state index in [0.29, 0.717) is 19.1 Å². The van der Waals surface area contributed by atoms with E-state index in [1.54, 1.807) is 6.92 Å². The molecule has 2 aromatic carbocycles. The standard InChI is InChI=1S/C23H30O4/c1-17(2)19-6-8-20(9-7-19)21-10-12-22(13-11-21)26-14-4-5-15-27-23(25)16-18(3)24/h6-13,17-18,24H,4-5,14-16H2,1-3H3. The van der Waals surface area contributed by atoms with Gasteiger partial charge in [-0.05, 0) is 54.5 Å². The molecule has 146 valence electrons. The monoisotopic (exact) mass is 370 g/mol. The Kier molecular flexibility index (Phi) is 8.34. The summed E-state index contributed by atoms with van der Waals surface area (Å²) >= 11 is 0. The maximum absolute atomic E-state index is 11.3. The molecule has 0 fully saturated rings. The molecule has 0 radical (unpaired) electrons. The van der Waals surface area contributed by atoms with E-state index in [1.165, 1.54) is 16.7 Å². The van der Waals surface area contributed by atoms with Gasteiger partial charge in [0.25, 0.3) is 0 Å². The Balaban J connectivity index is 1.70. The van der Waals surface area contributed by atoms with Crippen molar-refractivity contribution in [3.63, 3.8) is 0 Å². The molecule has 0 saturated heterocycles. The number of ether oxygens (including phenoxy) is 2. The molecule has 0 saturated carbocycles. The zero-order chi connectivity index (χ0) is 19.6. The SMILES string of the molecule is CC(O)CC(=O)OCCCCOc1ccc(-c2ccc(C(C)C)cc2)cc1. The van der Waals surface area contributed by atoms with Crippen molar-refractivity contribution in [1.29, 1.82) is 0 Å². The highest BCUT2D eigenvalue weighted by atomic mass is 16.5. The molecular weight excluding hydrogens is 340 g/mol. The number of unbranched alkanes of at least 4 members (excludes halogenated alkanes) is 1. The molecule has 0 heterocycles. The van der Waals surface area contributed by atoms with Crippen LogP contribution < -0.4 is 4.74 Å². The number of carbonyl (C=O) groups excluding carboxylic acids is 1. The summed E-state index contributed by atoms with van der Waals surface area (Å²) in [7, 11) is 0. The van der Waals surface area contributed by atoms with Gasteiger partial charge in [0, 0.05) is 0 Å². The first-order valence-corrected chi connectivity index (χ1v) is 9.62. The van der Waals surface area contributed by atoms with Crippen molar-refractivity contribution in [1.82, 2.24) is 0 Å². The molecule has 0 bridgehead atoms. The molecular formula is C23H30O4. The Morgan fingerprint density at radius 1 is 0.889 bits per heavy atom. The first-order chi connectivity index (χ1) is 13.0. The number of esters is 1. The van der Waals surface area contributed by atoms with Crippen LogP contribution in [-0.4, -0.2) is 30.4 Å². The minimum absolute atomic E-state index is 0.0447. The number of aliphatic hydroxyl groups excluding tert-OH is 1. The van der Waals surface area contributed by atoms with Gasteiger partial charge in [-0.1, -0.05) is 50.2 Å². The molecule has 0 amide bonds. The smallest absolute Gasteiger partial charge is 0.308 e. The summed E-state index contributed by atoms with van der Waals surface area (Å²) in [6.07, 6.45) is 0.937. The molecule has 1 unspecified atom stereocenters. The first-order valence-electron chi connectivity index (χ1n) is 9.62. The Bertz CT molecular complexity index is 687. The van der Waals surface area contributed by atoms with Gasteiger partial charge >= 0.3 is 5.97 Å². The third kappa shape index (κ3) is 7.43. The summed E-state index contributed by atoms with van der Waals surface area (Å²) in [5.41, 5.74) is 3.71. The van der Waals surface area contributed by atoms with Crippen molar-refractivity contribution < 1.29 is 19.4 Å². The summed E-state index contributed by atoms with van der Waals surface area (Å²) < 4.78 is 10.8. The van der Waals surface area contributed by atoms with E-state index in [9.17, 15) is 4.79 Å². The van der Waals surface area contributed by atoms with E-state index in [1.807, 2.05) is 12.1 Å². The second kappa shape index (κ2) is 10.7. The zero-order valence-corrected chi connectivity index (χ0v) is 16.5. The van der Waals surface area contributed by atoms with Gasteiger partial charge in [0.2, 0.25) is 0 Å². The molecule has 4 nitrogen and oxygen atoms in total. The van der Waals surface area contributed by atoms with Crippen LogP contribution >= 0.6 is 0 Å². The normalized spacial score (nSPS) is 12.0. The Hall–Kier alpha value is -2.33. The summed E-state index contributed by atoms with van der Waals surface area (Å²) in [6, 6.07) is 16.8. The van der Waals surface area contributed by atoms with Crippen LogP contribution in [-0.2, 0) is 9.53 Å². The van der Waals surface area contributed by atoms with Gasteiger partial charge in [0.05, 0.1) is 25.7 Å². The molecule has 1 N–H and O–H groups in total. The highest BCUT2D eigenvalue weighted by Crippen LogP contribution is 2.24. The van der Waals surface area contributed by atoms with Crippen LogP contribution in [0.15, 0.2) is 48.5 Å². The van der Waals surface area contributed by atoms with Crippen LogP contribution in [0.1, 0.15) is 51.5 Å². The fraction of sp³-hybridized carbons (Fsp3) is 0.435. The average molecular weight is 370 g/mol. The Labute approximate surface area is 162 Å². The van der Waals surface area contributed by atoms with Gasteiger partial charge in [-0.25, -0.2) is 0 Å². The molecule has 27 heavy (non-hydrogen) atoms. The predicted octanol–water partition coefficient (Wildman–Crippen LogP) is 4.95. The van der Waals surface area contributed by atoms with Crippen molar-refractivity contribution in [2.75, 3.05) is 13.2 Å². The average Bonchev–Trinajstić information content (AvgIpc) is 2.64. The molecule has 0 aliphatic heterocycles. The molecule has 0 aromatic heterocycles. The minimum Gasteiger partial charge on any atom is -0.494 e. The number of hydrogen-bond donors (Lipinski definition) is 1. The first kappa shape index (κ1) is 21.0. The second-order valence-corrected chi connectivity index (χ2v) is 7.13. The molecule has 2 aromatic rings. The second-order valence-electron chi connectivity index (χ2n) is 7.13. The van der Waals surface area contributed by atoms with Crippen LogP contribution in [0.4, 0.5) is 0 Å². The maximum Gasteiger partial charge on any atom is 0.308 e. The molecule has 0 aliphatic rings. The Morgan fingerprint density at radius 3 is 2.00 bits per heavy atom. The third-order valence-corrected chi connectivity index (χ3v) is 4.30. The van der Waals surface area contributed by atoms with Crippen molar-refractivity contribution in [3.05, 3.63) is 54.1 Å². The summed E-state index contributed by atoms with van der Waals surface area (Å²) in [6.45, 7) is 6.90. The lowest BCUT2D eigenvalue weighted by Gasteiger charge is -2.09. The van der Waals surface area contributed by atoms with Gasteiger partial charge in [-0.3, -0.25) is 4.79 Å². The van der Waals surface area contributed by atoms with Crippen molar-refractivity contribution in [2.24, 2.45) is 0 Å². The van der Waals surface area contributed by atoms with Crippen LogP contribution in [0.3, 0.4) is 0 Å². The molecule has 2 rings (SSSR count). The molecule has 4 heteroatoms. The van der Waals surface area contributed by atoms with Crippen molar-refractivity contribution in [3.8, 4) is 16.9 Å². The lowest BCUT2D eigenvalue weighted by molar-refractivity contribution is -0.145. The van der Waals surface area contributed by atoms with E-state index in [-0.39, 0.29) is 12.4 Å². The lowest BCUT2D eigenvalue weighted by atomic mass is 9.99. The highest BCUT2D eigenvalue weighted by molar-refractivity contribution is 5.69. The summed E-state index contributed by atoms with van der Waals surface area (Å²) in [5, 5.41) is 9.09. The Morgan fingerprint density at radius 2 is 1.44 bits per heavy atom. The lowest BCUT2D eigenvalue weighted by Crippen LogP contribution is -2.13. The summed E-state index contributed by atoms with van der Waals surface area (Å²) in [5.74, 6) is 1.02. The van der Waals surface area contributed by atoms with Crippen molar-refractivity contribution >= 4 is 5.97 Å². The van der Waals surface area contributed by atoms with E-state index in [2.05, 4.69) is 50.2 Å². The third-order valence-electron chi connectivity index (χ3n) is 4.30. The van der Waals surface area contributed by atoms with Crippen LogP contribution in [0.25, 0.3) is 11.1 Å². The molecule has 1 atom stereocenters. The van der Waals surface area contributed by atoms with Gasteiger partial charge in [0.15, 0.2) is 0 Å². The van der Waals surface area contributed by atoms with E-state index >= 15 is 0 Å². The highest BCUT2D eigenvalue weighted by Gasteiger charge is 2.06. The molecule has 0 spiro atoms. The van der Waals surface area contributed by atoms with Gasteiger partial charge in [0.1, 0.15) is 5.75 Å².